The second kappa shape index (κ2) is 35.6. The number of hydrogen-bond acceptors (Lipinski definition) is 6. The van der Waals surface area contributed by atoms with Crippen LogP contribution >= 0.6 is 7.82 Å². The zero-order chi connectivity index (χ0) is 32.6. The summed E-state index contributed by atoms with van der Waals surface area (Å²) in [6.07, 6.45) is 31.0. The minimum atomic E-state index is -4.74. The van der Waals surface area contributed by atoms with Crippen molar-refractivity contribution in [2.75, 3.05) is 13.2 Å². The van der Waals surface area contributed by atoms with Crippen LogP contribution in [0.5, 0.6) is 0 Å². The number of phosphoric ester groups is 1. The monoisotopic (exact) mass is 688 g/mol. The van der Waals surface area contributed by atoms with Crippen molar-refractivity contribution in [3.8, 4) is 0 Å². The van der Waals surface area contributed by atoms with E-state index in [0.29, 0.717) is 6.42 Å². The van der Waals surface area contributed by atoms with Crippen molar-refractivity contribution in [1.82, 2.24) is 0 Å². The molecule has 0 aliphatic carbocycles. The van der Waals surface area contributed by atoms with Crippen LogP contribution in [0.25, 0.3) is 0 Å². The molecule has 1 atom stereocenters. The average Bonchev–Trinajstić information content (AvgIpc) is 2.98. The summed E-state index contributed by atoms with van der Waals surface area (Å²) >= 11 is 0. The number of rotatable bonds is 34. The van der Waals surface area contributed by atoms with Gasteiger partial charge in [0.25, 0.3) is 0 Å². The van der Waals surface area contributed by atoms with E-state index in [-0.39, 0.29) is 57.2 Å². The first-order valence-corrected chi connectivity index (χ1v) is 19.9. The topological polar surface area (TPSA) is 119 Å². The molecule has 264 valence electrons. The standard InChI is InChI=1S/C35H69O8P.Ca/c1-3-5-7-9-11-13-15-17-19-21-23-25-27-29-34(36)41-31-33(32-42-44(38,39)40)43-35(37)30-28-26-24-22-20-18-16-14-12-10-8-6-4-2;/h33H,3-32H2,1-2H3,(H2,38,39,40);/t33-;/m1./s1. The van der Waals surface area contributed by atoms with Gasteiger partial charge in [0, 0.05) is 50.6 Å². The zero-order valence-electron chi connectivity index (χ0n) is 29.3. The Balaban J connectivity index is 0. The van der Waals surface area contributed by atoms with E-state index in [1.54, 1.807) is 0 Å². The van der Waals surface area contributed by atoms with Gasteiger partial charge in [-0.25, -0.2) is 4.57 Å². The Morgan fingerprint density at radius 1 is 0.511 bits per heavy atom. The number of ether oxygens (including phenoxy) is 2. The first-order chi connectivity index (χ1) is 21.3. The van der Waals surface area contributed by atoms with Crippen molar-refractivity contribution in [1.29, 1.82) is 0 Å². The maximum Gasteiger partial charge on any atom is 0.469 e. The summed E-state index contributed by atoms with van der Waals surface area (Å²) in [5, 5.41) is 0. The predicted octanol–water partition coefficient (Wildman–Crippen LogP) is 10.1. The first-order valence-electron chi connectivity index (χ1n) is 18.3. The minimum Gasteiger partial charge on any atom is -0.462 e. The number of esters is 2. The molecule has 10 heteroatoms. The molecule has 0 unspecified atom stereocenters. The molecular weight excluding hydrogens is 619 g/mol. The first kappa shape index (κ1) is 47.4. The number of unbranched alkanes of at least 4 members (excludes halogenated alkanes) is 24. The van der Waals surface area contributed by atoms with E-state index >= 15 is 0 Å². The molecule has 2 N–H and O–H groups in total. The summed E-state index contributed by atoms with van der Waals surface area (Å²) in [5.41, 5.74) is 0. The molecule has 0 fully saturated rings. The molecule has 45 heavy (non-hydrogen) atoms. The van der Waals surface area contributed by atoms with Gasteiger partial charge in [0.15, 0.2) is 6.10 Å². The van der Waals surface area contributed by atoms with Crippen LogP contribution in [0.2, 0.25) is 0 Å². The van der Waals surface area contributed by atoms with Crippen LogP contribution in [-0.4, -0.2) is 78.8 Å². The number of carbonyl (C=O) groups excluding carboxylic acids is 2. The van der Waals surface area contributed by atoms with E-state index in [4.69, 9.17) is 19.3 Å². The largest absolute Gasteiger partial charge is 0.469 e. The van der Waals surface area contributed by atoms with Gasteiger partial charge in [-0.1, -0.05) is 168 Å². The number of phosphoric acid groups is 1. The van der Waals surface area contributed by atoms with Crippen LogP contribution in [0.15, 0.2) is 0 Å². The van der Waals surface area contributed by atoms with Crippen LogP contribution < -0.4 is 0 Å². The Kier molecular flexibility index (Phi) is 37.5. The van der Waals surface area contributed by atoms with Gasteiger partial charge in [0.2, 0.25) is 0 Å². The number of hydrogen-bond donors (Lipinski definition) is 2. The van der Waals surface area contributed by atoms with E-state index in [1.165, 1.54) is 128 Å². The third-order valence-corrected chi connectivity index (χ3v) is 8.61. The number of carbonyl (C=O) groups is 2. The van der Waals surface area contributed by atoms with Crippen LogP contribution in [0.1, 0.15) is 194 Å². The van der Waals surface area contributed by atoms with Gasteiger partial charge in [-0.3, -0.25) is 14.1 Å². The second-order valence-corrected chi connectivity index (χ2v) is 13.8. The molecule has 0 heterocycles. The molecule has 0 aromatic rings. The van der Waals surface area contributed by atoms with Gasteiger partial charge in [0.1, 0.15) is 6.61 Å². The van der Waals surface area contributed by atoms with E-state index in [9.17, 15) is 14.2 Å². The van der Waals surface area contributed by atoms with Crippen molar-refractivity contribution in [3.63, 3.8) is 0 Å². The molecular formula is C35H69CaO8P. The van der Waals surface area contributed by atoms with E-state index < -0.39 is 32.5 Å². The van der Waals surface area contributed by atoms with Crippen LogP contribution in [-0.2, 0) is 28.2 Å². The zero-order valence-corrected chi connectivity index (χ0v) is 32.4. The molecule has 0 aromatic carbocycles. The van der Waals surface area contributed by atoms with Crippen molar-refractivity contribution in [2.45, 2.75) is 200 Å². The maximum absolute atomic E-state index is 12.3. The van der Waals surface area contributed by atoms with Crippen LogP contribution in [0.4, 0.5) is 0 Å². The van der Waals surface area contributed by atoms with Crippen LogP contribution in [0.3, 0.4) is 0 Å². The van der Waals surface area contributed by atoms with E-state index in [1.807, 2.05) is 0 Å². The average molecular weight is 689 g/mol. The Morgan fingerprint density at radius 3 is 1.16 bits per heavy atom. The molecule has 0 aromatic heterocycles. The summed E-state index contributed by atoms with van der Waals surface area (Å²) in [5.74, 6) is -0.873. The molecule has 0 saturated carbocycles. The Labute approximate surface area is 306 Å². The third-order valence-electron chi connectivity index (χ3n) is 8.13. The molecule has 0 amide bonds. The Morgan fingerprint density at radius 2 is 0.822 bits per heavy atom. The minimum absolute atomic E-state index is 0. The normalized spacial score (nSPS) is 12.1. The Bertz CT molecular complexity index is 703. The van der Waals surface area contributed by atoms with E-state index in [0.717, 1.165) is 32.1 Å². The fourth-order valence-corrected chi connectivity index (χ4v) is 5.73. The van der Waals surface area contributed by atoms with Crippen molar-refractivity contribution in [2.24, 2.45) is 0 Å². The van der Waals surface area contributed by atoms with Gasteiger partial charge < -0.3 is 19.3 Å². The maximum atomic E-state index is 12.3. The SMILES string of the molecule is CCCCCCCCCCCCCCCC(=O)OC[C@H](COP(=O)(O)O)OC(=O)CCCCCCCCCCCCCCC.[Ca]. The summed E-state index contributed by atoms with van der Waals surface area (Å²) < 4.78 is 26.3. The summed E-state index contributed by atoms with van der Waals surface area (Å²) in [6.45, 7) is 3.68. The van der Waals surface area contributed by atoms with Crippen LogP contribution in [0, 0.1) is 0 Å². The smallest absolute Gasteiger partial charge is 0.462 e. The van der Waals surface area contributed by atoms with E-state index in [2.05, 4.69) is 18.4 Å². The van der Waals surface area contributed by atoms with Gasteiger partial charge in [-0.05, 0) is 12.8 Å². The molecule has 0 spiro atoms. The quantitative estimate of drug-likeness (QED) is 0.0297. The molecule has 0 bridgehead atoms. The third kappa shape index (κ3) is 38.6. The van der Waals surface area contributed by atoms with Gasteiger partial charge in [-0.2, -0.15) is 0 Å². The molecule has 0 saturated heterocycles. The van der Waals surface area contributed by atoms with Gasteiger partial charge in [-0.15, -0.1) is 0 Å². The predicted molar refractivity (Wildman–Crippen MR) is 185 cm³/mol. The summed E-state index contributed by atoms with van der Waals surface area (Å²) in [7, 11) is -4.74. The molecule has 0 rings (SSSR count). The van der Waals surface area contributed by atoms with Gasteiger partial charge >= 0.3 is 19.8 Å². The Hall–Kier alpha value is 0.310. The fourth-order valence-electron chi connectivity index (χ4n) is 5.37. The van der Waals surface area contributed by atoms with Crippen molar-refractivity contribution < 1.29 is 37.9 Å². The molecule has 2 radical (unpaired) electrons. The molecule has 0 aliphatic rings. The summed E-state index contributed by atoms with van der Waals surface area (Å²) in [6, 6.07) is 0. The second-order valence-electron chi connectivity index (χ2n) is 12.6. The molecule has 8 nitrogen and oxygen atoms in total. The van der Waals surface area contributed by atoms with Gasteiger partial charge in [0.05, 0.1) is 6.61 Å². The van der Waals surface area contributed by atoms with Crippen molar-refractivity contribution in [3.05, 3.63) is 0 Å². The fraction of sp³-hybridized carbons (Fsp3) is 0.943. The molecule has 0 aliphatic heterocycles. The summed E-state index contributed by atoms with van der Waals surface area (Å²) in [4.78, 5) is 42.6. The van der Waals surface area contributed by atoms with Crippen molar-refractivity contribution >= 4 is 57.5 Å².